The summed E-state index contributed by atoms with van der Waals surface area (Å²) in [5, 5.41) is 20.8. The summed E-state index contributed by atoms with van der Waals surface area (Å²) >= 11 is 0. The Bertz CT molecular complexity index is 592. The smallest absolute Gasteiger partial charge is 0.308 e. The van der Waals surface area contributed by atoms with Crippen molar-refractivity contribution in [3.63, 3.8) is 0 Å². The van der Waals surface area contributed by atoms with Crippen LogP contribution >= 0.6 is 0 Å². The van der Waals surface area contributed by atoms with Crippen molar-refractivity contribution in [1.82, 2.24) is 0 Å². The van der Waals surface area contributed by atoms with Crippen molar-refractivity contribution in [3.8, 4) is 0 Å². The van der Waals surface area contributed by atoms with Gasteiger partial charge in [-0.05, 0) is 38.5 Å². The van der Waals surface area contributed by atoms with Crippen LogP contribution in [-0.4, -0.2) is 40.8 Å². The molecule has 0 saturated heterocycles. The third-order valence-corrected chi connectivity index (χ3v) is 6.12. The zero-order valence-corrected chi connectivity index (χ0v) is 17.5. The van der Waals surface area contributed by atoms with Gasteiger partial charge in [0.15, 0.2) is 0 Å². The van der Waals surface area contributed by atoms with Gasteiger partial charge < -0.3 is 14.9 Å². The number of carbonyl (C=O) groups excluding carboxylic acids is 2. The molecule has 2 fully saturated rings. The Kier molecular flexibility index (Phi) is 8.44. The highest BCUT2D eigenvalue weighted by molar-refractivity contribution is 5.84. The highest BCUT2D eigenvalue weighted by Gasteiger charge is 2.43. The second-order valence-electron chi connectivity index (χ2n) is 8.66. The maximum atomic E-state index is 12.3. The average molecular weight is 393 g/mol. The van der Waals surface area contributed by atoms with E-state index in [1.165, 1.54) is 7.11 Å². The summed E-state index contributed by atoms with van der Waals surface area (Å²) < 4.78 is 4.75. The van der Waals surface area contributed by atoms with Crippen LogP contribution in [0.25, 0.3) is 0 Å². The molecule has 5 heteroatoms. The summed E-state index contributed by atoms with van der Waals surface area (Å²) in [5.74, 6) is -0.180. The van der Waals surface area contributed by atoms with Gasteiger partial charge in [-0.2, -0.15) is 0 Å². The van der Waals surface area contributed by atoms with Crippen molar-refractivity contribution in [1.29, 1.82) is 0 Å². The number of hydrogen-bond acceptors (Lipinski definition) is 5. The number of unbranched alkanes of at least 4 members (excludes halogenated alkanes) is 2. The first-order chi connectivity index (χ1) is 13.3. The van der Waals surface area contributed by atoms with Crippen LogP contribution in [0, 0.1) is 23.7 Å². The van der Waals surface area contributed by atoms with Crippen LogP contribution in [0.4, 0.5) is 0 Å². The molecule has 0 amide bonds. The molecule has 5 nitrogen and oxygen atoms in total. The van der Waals surface area contributed by atoms with Gasteiger partial charge in [0.2, 0.25) is 0 Å². The van der Waals surface area contributed by atoms with Gasteiger partial charge in [-0.1, -0.05) is 50.5 Å². The number of carbonyl (C=O) groups is 2. The molecule has 158 valence electrons. The van der Waals surface area contributed by atoms with Crippen LogP contribution in [0.3, 0.4) is 0 Å². The number of aliphatic hydroxyl groups is 2. The topological polar surface area (TPSA) is 83.8 Å². The van der Waals surface area contributed by atoms with Crippen molar-refractivity contribution >= 4 is 11.8 Å². The summed E-state index contributed by atoms with van der Waals surface area (Å²) in [7, 11) is 1.42. The van der Waals surface area contributed by atoms with Crippen LogP contribution < -0.4 is 0 Å². The molecular weight excluding hydrogens is 356 g/mol. The Morgan fingerprint density at radius 1 is 1.29 bits per heavy atom. The number of esters is 1. The fourth-order valence-corrected chi connectivity index (χ4v) is 4.12. The number of Topliss-reactive ketones (excluding diaryl/α,β-unsaturated/α-hetero) is 1. The maximum absolute atomic E-state index is 12.3. The third kappa shape index (κ3) is 6.56. The van der Waals surface area contributed by atoms with Crippen LogP contribution in [0.1, 0.15) is 65.2 Å². The first-order valence-corrected chi connectivity index (χ1v) is 10.6. The Morgan fingerprint density at radius 2 is 2.00 bits per heavy atom. The minimum atomic E-state index is -0.907. The van der Waals surface area contributed by atoms with E-state index in [0.717, 1.165) is 32.1 Å². The predicted molar refractivity (Wildman–Crippen MR) is 109 cm³/mol. The molecule has 2 N–H and O–H groups in total. The molecule has 2 aliphatic rings. The Labute approximate surface area is 168 Å². The van der Waals surface area contributed by atoms with E-state index in [-0.39, 0.29) is 35.9 Å². The summed E-state index contributed by atoms with van der Waals surface area (Å²) in [6.45, 7) is 3.91. The van der Waals surface area contributed by atoms with Gasteiger partial charge in [0.05, 0.1) is 24.7 Å². The first-order valence-electron chi connectivity index (χ1n) is 10.6. The molecular formula is C23H36O5. The van der Waals surface area contributed by atoms with E-state index in [2.05, 4.69) is 6.92 Å². The lowest BCUT2D eigenvalue weighted by Crippen LogP contribution is -2.23. The van der Waals surface area contributed by atoms with Crippen molar-refractivity contribution < 1.29 is 24.5 Å². The summed E-state index contributed by atoms with van der Waals surface area (Å²) in [5.41, 5.74) is -0.907. The highest BCUT2D eigenvalue weighted by atomic mass is 16.5. The molecule has 28 heavy (non-hydrogen) atoms. The first kappa shape index (κ1) is 22.8. The van der Waals surface area contributed by atoms with E-state index in [1.54, 1.807) is 13.0 Å². The summed E-state index contributed by atoms with van der Waals surface area (Å²) in [6.07, 6.45) is 13.2. The van der Waals surface area contributed by atoms with Crippen molar-refractivity contribution in [2.24, 2.45) is 23.7 Å². The second kappa shape index (κ2) is 10.4. The molecule has 6 atom stereocenters. The van der Waals surface area contributed by atoms with Gasteiger partial charge in [0.1, 0.15) is 5.78 Å². The number of aliphatic hydroxyl groups excluding tert-OH is 1. The number of methoxy groups -OCH3 is 1. The molecule has 0 aromatic carbocycles. The molecule has 0 heterocycles. The third-order valence-electron chi connectivity index (χ3n) is 6.12. The number of hydrogen-bond donors (Lipinski definition) is 2. The quantitative estimate of drug-likeness (QED) is 0.319. The van der Waals surface area contributed by atoms with E-state index < -0.39 is 11.7 Å². The zero-order chi connectivity index (χ0) is 20.7. The van der Waals surface area contributed by atoms with Gasteiger partial charge in [0, 0.05) is 18.3 Å². The molecule has 0 aromatic rings. The van der Waals surface area contributed by atoms with Gasteiger partial charge in [-0.25, -0.2) is 0 Å². The standard InChI is InChI=1S/C23H36O5/c1-4-5-8-12-23(2,27)13-11-18-17(20(24)15-21(18)25)10-7-6-9-16-14-19(16)22(26)28-3/h6-7,11,13,16-19,21,25,27H,4-5,8-10,12,14-15H2,1-3H3/b7-6-,13-11+/t16-,17-,18-,19-,21-,23+/m1/s1. The molecule has 2 aliphatic carbocycles. The van der Waals surface area contributed by atoms with Crippen molar-refractivity contribution in [3.05, 3.63) is 24.3 Å². The SMILES string of the molecule is CCCCC[C@](C)(O)/C=C/[C@H]1[C@H](O)CC(=O)[C@@H]1C/C=C\C[C@@H]1C[C@H]1C(=O)OC. The highest BCUT2D eigenvalue weighted by Crippen LogP contribution is 2.42. The molecule has 0 unspecified atom stereocenters. The Balaban J connectivity index is 1.86. The van der Waals surface area contributed by atoms with E-state index in [4.69, 9.17) is 4.74 Å². The molecule has 0 aromatic heterocycles. The normalized spacial score (nSPS) is 32.2. The predicted octanol–water partition coefficient (Wildman–Crippen LogP) is 3.59. The lowest BCUT2D eigenvalue weighted by molar-refractivity contribution is -0.142. The molecule has 0 aliphatic heterocycles. The van der Waals surface area contributed by atoms with E-state index in [9.17, 15) is 19.8 Å². The lowest BCUT2D eigenvalue weighted by atomic mass is 9.88. The van der Waals surface area contributed by atoms with Gasteiger partial charge in [0.25, 0.3) is 0 Å². The summed E-state index contributed by atoms with van der Waals surface area (Å²) in [4.78, 5) is 23.7. The number of ketones is 1. The van der Waals surface area contributed by atoms with Crippen LogP contribution in [0.2, 0.25) is 0 Å². The zero-order valence-electron chi connectivity index (χ0n) is 17.5. The Morgan fingerprint density at radius 3 is 2.68 bits per heavy atom. The number of ether oxygens (including phenoxy) is 1. The van der Waals surface area contributed by atoms with Gasteiger partial charge in [-0.3, -0.25) is 9.59 Å². The molecule has 0 radical (unpaired) electrons. The fraction of sp³-hybridized carbons (Fsp3) is 0.739. The number of rotatable bonds is 11. The van der Waals surface area contributed by atoms with Crippen LogP contribution in [-0.2, 0) is 14.3 Å². The second-order valence-corrected chi connectivity index (χ2v) is 8.66. The minimum absolute atomic E-state index is 0.0233. The monoisotopic (exact) mass is 392 g/mol. The van der Waals surface area contributed by atoms with Crippen LogP contribution in [0.15, 0.2) is 24.3 Å². The molecule has 0 spiro atoms. The minimum Gasteiger partial charge on any atom is -0.469 e. The van der Waals surface area contributed by atoms with E-state index in [1.807, 2.05) is 18.2 Å². The van der Waals surface area contributed by atoms with Crippen LogP contribution in [0.5, 0.6) is 0 Å². The van der Waals surface area contributed by atoms with Gasteiger partial charge >= 0.3 is 5.97 Å². The fourth-order valence-electron chi connectivity index (χ4n) is 4.12. The van der Waals surface area contributed by atoms with Crippen molar-refractivity contribution in [2.75, 3.05) is 7.11 Å². The lowest BCUT2D eigenvalue weighted by Gasteiger charge is -2.21. The summed E-state index contributed by atoms with van der Waals surface area (Å²) in [6, 6.07) is 0. The van der Waals surface area contributed by atoms with E-state index >= 15 is 0 Å². The molecule has 2 rings (SSSR count). The van der Waals surface area contributed by atoms with Crippen molar-refractivity contribution in [2.45, 2.75) is 76.9 Å². The molecule has 2 saturated carbocycles. The largest absolute Gasteiger partial charge is 0.469 e. The average Bonchev–Trinajstić information content (AvgIpc) is 3.36. The van der Waals surface area contributed by atoms with Gasteiger partial charge in [-0.15, -0.1) is 0 Å². The number of allylic oxidation sites excluding steroid dienone is 2. The maximum Gasteiger partial charge on any atom is 0.308 e. The molecule has 0 bridgehead atoms. The van der Waals surface area contributed by atoms with E-state index in [0.29, 0.717) is 18.8 Å². The Hall–Kier alpha value is -1.46.